The van der Waals surface area contributed by atoms with E-state index in [0.717, 1.165) is 35.3 Å². The normalized spacial score (nSPS) is 17.1. The molecule has 1 aliphatic heterocycles. The molecule has 0 atom stereocenters. The topological polar surface area (TPSA) is 83.1 Å². The van der Waals surface area contributed by atoms with Crippen LogP contribution in [0.3, 0.4) is 0 Å². The van der Waals surface area contributed by atoms with E-state index in [-0.39, 0.29) is 11.4 Å². The third-order valence-corrected chi connectivity index (χ3v) is 4.00. The molecule has 0 unspecified atom stereocenters. The van der Waals surface area contributed by atoms with E-state index in [2.05, 4.69) is 17.0 Å². The minimum absolute atomic E-state index is 0.103. The smallest absolute Gasteiger partial charge is 0.333 e. The minimum Gasteiger partial charge on any atom is -0.494 e. The Morgan fingerprint density at radius 1 is 1.09 bits per heavy atom. The Hall–Kier alpha value is -2.09. The van der Waals surface area contributed by atoms with Crippen LogP contribution in [0.1, 0.15) is 18.9 Å². The minimum atomic E-state index is -0.554. The lowest BCUT2D eigenvalue weighted by Gasteiger charge is -2.31. The first-order valence-electron chi connectivity index (χ1n) is 7.37. The number of hydrazone groups is 1. The molecule has 1 aliphatic rings. The lowest BCUT2D eigenvalue weighted by Crippen LogP contribution is -2.43. The van der Waals surface area contributed by atoms with Crippen molar-refractivity contribution in [1.29, 1.82) is 0 Å². The van der Waals surface area contributed by atoms with E-state index >= 15 is 0 Å². The summed E-state index contributed by atoms with van der Waals surface area (Å²) in [4.78, 5) is 26.4. The lowest BCUT2D eigenvalue weighted by molar-refractivity contribution is 0.159. The van der Waals surface area contributed by atoms with Crippen LogP contribution >= 0.6 is 0 Å². The second-order valence-corrected chi connectivity index (χ2v) is 5.56. The van der Waals surface area contributed by atoms with Crippen LogP contribution < -0.4 is 11.2 Å². The van der Waals surface area contributed by atoms with Crippen molar-refractivity contribution in [1.82, 2.24) is 19.0 Å². The van der Waals surface area contributed by atoms with Crippen molar-refractivity contribution >= 4 is 5.71 Å². The van der Waals surface area contributed by atoms with E-state index in [1.54, 1.807) is 0 Å². The SMILES string of the molecule is CC/C(=N\N1CCN(C)CC1)c1c(O)n(C)c(=O)n(C)c1=O. The Kier molecular flexibility index (Phi) is 4.70. The highest BCUT2D eigenvalue weighted by molar-refractivity contribution is 6.01. The average molecular weight is 309 g/mol. The molecule has 0 saturated carbocycles. The number of aromatic hydroxyl groups is 1. The largest absolute Gasteiger partial charge is 0.494 e. The maximum absolute atomic E-state index is 12.3. The van der Waals surface area contributed by atoms with Gasteiger partial charge < -0.3 is 10.0 Å². The summed E-state index contributed by atoms with van der Waals surface area (Å²) in [5, 5.41) is 16.6. The van der Waals surface area contributed by atoms with Gasteiger partial charge in [-0.25, -0.2) is 4.79 Å². The summed E-state index contributed by atoms with van der Waals surface area (Å²) in [6.45, 7) is 5.22. The van der Waals surface area contributed by atoms with Gasteiger partial charge >= 0.3 is 5.69 Å². The first kappa shape index (κ1) is 16.3. The highest BCUT2D eigenvalue weighted by Gasteiger charge is 2.21. The van der Waals surface area contributed by atoms with Gasteiger partial charge in [0.25, 0.3) is 5.56 Å². The van der Waals surface area contributed by atoms with Crippen LogP contribution in [0, 0.1) is 0 Å². The summed E-state index contributed by atoms with van der Waals surface area (Å²) in [6, 6.07) is 0. The van der Waals surface area contributed by atoms with E-state index in [4.69, 9.17) is 0 Å². The standard InChI is InChI=1S/C14H23N5O3/c1-5-10(15-19-8-6-16(2)7-9-19)11-12(20)17(3)14(22)18(4)13(11)21/h20H,5-9H2,1-4H3/b15-10+. The van der Waals surface area contributed by atoms with Crippen LogP contribution in [-0.2, 0) is 14.1 Å². The van der Waals surface area contributed by atoms with Crippen LogP contribution in [0.5, 0.6) is 5.88 Å². The fourth-order valence-electron chi connectivity index (χ4n) is 2.45. The second-order valence-electron chi connectivity index (χ2n) is 5.56. The molecule has 0 bridgehead atoms. The maximum atomic E-state index is 12.3. The summed E-state index contributed by atoms with van der Waals surface area (Å²) in [6.07, 6.45) is 0.493. The van der Waals surface area contributed by atoms with Crippen LogP contribution in [0.4, 0.5) is 0 Å². The highest BCUT2D eigenvalue weighted by atomic mass is 16.3. The van der Waals surface area contributed by atoms with Gasteiger partial charge in [0.15, 0.2) is 0 Å². The Balaban J connectivity index is 2.48. The molecule has 2 heterocycles. The van der Waals surface area contributed by atoms with Crippen molar-refractivity contribution in [2.24, 2.45) is 19.2 Å². The lowest BCUT2D eigenvalue weighted by atomic mass is 10.1. The third kappa shape index (κ3) is 2.92. The summed E-state index contributed by atoms with van der Waals surface area (Å²) < 4.78 is 2.05. The molecule has 8 heteroatoms. The van der Waals surface area contributed by atoms with E-state index in [1.807, 2.05) is 11.9 Å². The van der Waals surface area contributed by atoms with Crippen LogP contribution in [-0.4, -0.2) is 63.1 Å². The first-order chi connectivity index (χ1) is 10.4. The predicted molar refractivity (Wildman–Crippen MR) is 84.5 cm³/mol. The predicted octanol–water partition coefficient (Wildman–Crippen LogP) is -0.849. The van der Waals surface area contributed by atoms with Gasteiger partial charge in [0.1, 0.15) is 5.56 Å². The van der Waals surface area contributed by atoms with E-state index in [0.29, 0.717) is 12.1 Å². The van der Waals surface area contributed by atoms with Gasteiger partial charge in [-0.2, -0.15) is 5.10 Å². The molecule has 22 heavy (non-hydrogen) atoms. The number of hydrogen-bond donors (Lipinski definition) is 1. The van der Waals surface area contributed by atoms with Crippen molar-refractivity contribution in [2.45, 2.75) is 13.3 Å². The molecular formula is C14H23N5O3. The number of hydrogen-bond acceptors (Lipinski definition) is 6. The highest BCUT2D eigenvalue weighted by Crippen LogP contribution is 2.13. The zero-order valence-corrected chi connectivity index (χ0v) is 13.5. The van der Waals surface area contributed by atoms with Gasteiger partial charge in [-0.05, 0) is 13.5 Å². The van der Waals surface area contributed by atoms with Gasteiger partial charge in [-0.1, -0.05) is 6.92 Å². The Labute approximate surface area is 128 Å². The van der Waals surface area contributed by atoms with Crippen LogP contribution in [0.25, 0.3) is 0 Å². The first-order valence-corrected chi connectivity index (χ1v) is 7.37. The van der Waals surface area contributed by atoms with E-state index in [9.17, 15) is 14.7 Å². The zero-order valence-electron chi connectivity index (χ0n) is 13.5. The van der Waals surface area contributed by atoms with E-state index in [1.165, 1.54) is 14.1 Å². The van der Waals surface area contributed by atoms with Crippen molar-refractivity contribution in [3.63, 3.8) is 0 Å². The van der Waals surface area contributed by atoms with Gasteiger partial charge in [0.2, 0.25) is 5.88 Å². The number of aromatic nitrogens is 2. The molecule has 122 valence electrons. The zero-order chi connectivity index (χ0) is 16.4. The average Bonchev–Trinajstić information content (AvgIpc) is 2.52. The number of rotatable bonds is 3. The Bertz CT molecular complexity index is 696. The van der Waals surface area contributed by atoms with Gasteiger partial charge in [0, 0.05) is 40.3 Å². The van der Waals surface area contributed by atoms with Gasteiger partial charge in [0.05, 0.1) is 5.71 Å². The molecule has 1 N–H and O–H groups in total. The monoisotopic (exact) mass is 309 g/mol. The molecule has 0 aromatic carbocycles. The molecule has 2 rings (SSSR count). The van der Waals surface area contributed by atoms with Gasteiger partial charge in [-0.3, -0.25) is 18.9 Å². The quantitative estimate of drug-likeness (QED) is 0.736. The second kappa shape index (κ2) is 6.35. The molecule has 0 aliphatic carbocycles. The molecule has 1 saturated heterocycles. The van der Waals surface area contributed by atoms with Crippen LogP contribution in [0.15, 0.2) is 14.7 Å². The summed E-state index contributed by atoms with van der Waals surface area (Å²) in [5.74, 6) is -0.331. The molecule has 1 aromatic heterocycles. The third-order valence-electron chi connectivity index (χ3n) is 4.00. The summed E-state index contributed by atoms with van der Waals surface area (Å²) in [7, 11) is 4.89. The van der Waals surface area contributed by atoms with Crippen molar-refractivity contribution in [3.8, 4) is 5.88 Å². The number of nitrogens with zero attached hydrogens (tertiary/aromatic N) is 5. The Morgan fingerprint density at radius 2 is 1.68 bits per heavy atom. The van der Waals surface area contributed by atoms with Crippen molar-refractivity contribution in [2.75, 3.05) is 33.2 Å². The van der Waals surface area contributed by atoms with Crippen molar-refractivity contribution < 1.29 is 5.11 Å². The molecule has 8 nitrogen and oxygen atoms in total. The van der Waals surface area contributed by atoms with Crippen molar-refractivity contribution in [3.05, 3.63) is 26.4 Å². The molecule has 0 spiro atoms. The van der Waals surface area contributed by atoms with Gasteiger partial charge in [-0.15, -0.1) is 0 Å². The molecule has 0 radical (unpaired) electrons. The number of likely N-dealkylation sites (N-methyl/N-ethyl adjacent to an activating group) is 1. The van der Waals surface area contributed by atoms with Crippen LogP contribution in [0.2, 0.25) is 0 Å². The van der Waals surface area contributed by atoms with E-state index < -0.39 is 11.2 Å². The fourth-order valence-corrected chi connectivity index (χ4v) is 2.45. The molecular weight excluding hydrogens is 286 g/mol. The molecule has 0 amide bonds. The molecule has 1 aromatic rings. The molecule has 1 fully saturated rings. The maximum Gasteiger partial charge on any atom is 0.333 e. The Morgan fingerprint density at radius 3 is 2.23 bits per heavy atom. The summed E-state index contributed by atoms with van der Waals surface area (Å²) >= 11 is 0. The fraction of sp³-hybridized carbons (Fsp3) is 0.643. The summed E-state index contributed by atoms with van der Waals surface area (Å²) in [5.41, 5.74) is -0.471. The number of piperazine rings is 1.